The van der Waals surface area contributed by atoms with E-state index in [-0.39, 0.29) is 0 Å². The number of hydrogen-bond donors (Lipinski definition) is 2. The van der Waals surface area contributed by atoms with Crippen molar-refractivity contribution in [3.63, 3.8) is 0 Å². The Hall–Kier alpha value is -1.35. The Morgan fingerprint density at radius 1 is 1.55 bits per heavy atom. The predicted molar refractivity (Wildman–Crippen MR) is 44.0 cm³/mol. The van der Waals surface area contributed by atoms with E-state index in [1.165, 1.54) is 5.39 Å². The van der Waals surface area contributed by atoms with Crippen molar-refractivity contribution in [2.75, 3.05) is 0 Å². The van der Waals surface area contributed by atoms with E-state index in [9.17, 15) is 0 Å². The van der Waals surface area contributed by atoms with Crippen molar-refractivity contribution in [1.82, 2.24) is 9.97 Å². The maximum atomic E-state index is 5.44. The zero-order valence-corrected chi connectivity index (χ0v) is 6.04. The Balaban J connectivity index is 2.67. The molecule has 0 radical (unpaired) electrons. The predicted octanol–water partition coefficient (Wildman–Crippen LogP) is 1.02. The summed E-state index contributed by atoms with van der Waals surface area (Å²) in [4.78, 5) is 7.21. The van der Waals surface area contributed by atoms with E-state index >= 15 is 0 Å². The summed E-state index contributed by atoms with van der Waals surface area (Å²) in [6, 6.07) is 4.00. The molecule has 0 amide bonds. The maximum Gasteiger partial charge on any atom is 0.0640 e. The van der Waals surface area contributed by atoms with Crippen LogP contribution in [0.1, 0.15) is 5.69 Å². The second kappa shape index (κ2) is 2.36. The van der Waals surface area contributed by atoms with Crippen LogP contribution >= 0.6 is 0 Å². The Kier molecular flexibility index (Phi) is 1.36. The third-order valence-corrected chi connectivity index (χ3v) is 1.70. The minimum atomic E-state index is 0.501. The zero-order valence-electron chi connectivity index (χ0n) is 6.04. The van der Waals surface area contributed by atoms with E-state index in [0.29, 0.717) is 6.54 Å². The van der Waals surface area contributed by atoms with E-state index in [4.69, 9.17) is 5.73 Å². The summed E-state index contributed by atoms with van der Waals surface area (Å²) in [5, 5.41) is 1.17. The van der Waals surface area contributed by atoms with Gasteiger partial charge in [0.2, 0.25) is 0 Å². The highest BCUT2D eigenvalue weighted by Gasteiger charge is 1.95. The Labute approximate surface area is 64.2 Å². The summed E-state index contributed by atoms with van der Waals surface area (Å²) in [6.45, 7) is 0.501. The van der Waals surface area contributed by atoms with Crippen LogP contribution < -0.4 is 5.73 Å². The van der Waals surface area contributed by atoms with Crippen LogP contribution in [0.4, 0.5) is 0 Å². The average molecular weight is 147 g/mol. The van der Waals surface area contributed by atoms with Gasteiger partial charge in [-0.2, -0.15) is 0 Å². The lowest BCUT2D eigenvalue weighted by atomic mass is 10.3. The third kappa shape index (κ3) is 0.991. The van der Waals surface area contributed by atoms with Gasteiger partial charge in [-0.1, -0.05) is 0 Å². The zero-order chi connectivity index (χ0) is 7.68. The van der Waals surface area contributed by atoms with Crippen LogP contribution in [0.25, 0.3) is 10.9 Å². The first-order chi connectivity index (χ1) is 5.40. The molecule has 0 bridgehead atoms. The Bertz CT molecular complexity index is 364. The normalized spacial score (nSPS) is 10.6. The first kappa shape index (κ1) is 6.37. The summed E-state index contributed by atoms with van der Waals surface area (Å²) >= 11 is 0. The van der Waals surface area contributed by atoms with Gasteiger partial charge in [-0.05, 0) is 12.1 Å². The number of nitrogens with two attached hydrogens (primary N) is 1. The van der Waals surface area contributed by atoms with Crippen molar-refractivity contribution in [2.45, 2.75) is 6.54 Å². The molecule has 0 aliphatic carbocycles. The molecule has 2 aromatic rings. The first-order valence-electron chi connectivity index (χ1n) is 3.52. The van der Waals surface area contributed by atoms with Gasteiger partial charge < -0.3 is 10.7 Å². The molecular weight excluding hydrogens is 138 g/mol. The average Bonchev–Trinajstić information content (AvgIpc) is 2.50. The van der Waals surface area contributed by atoms with E-state index < -0.39 is 0 Å². The largest absolute Gasteiger partial charge is 0.360 e. The van der Waals surface area contributed by atoms with Crippen LogP contribution in [0.15, 0.2) is 24.5 Å². The van der Waals surface area contributed by atoms with Crippen molar-refractivity contribution in [1.29, 1.82) is 0 Å². The maximum absolute atomic E-state index is 5.44. The number of aromatic nitrogens is 2. The first-order valence-corrected chi connectivity index (χ1v) is 3.52. The SMILES string of the molecule is NCc1cc2cc[nH]c2cn1. The van der Waals surface area contributed by atoms with Crippen molar-refractivity contribution in [3.05, 3.63) is 30.2 Å². The van der Waals surface area contributed by atoms with Gasteiger partial charge >= 0.3 is 0 Å². The fraction of sp³-hybridized carbons (Fsp3) is 0.125. The van der Waals surface area contributed by atoms with Crippen LogP contribution in [0.2, 0.25) is 0 Å². The van der Waals surface area contributed by atoms with Crippen LogP contribution in [0, 0.1) is 0 Å². The molecule has 0 saturated carbocycles. The fourth-order valence-electron chi connectivity index (χ4n) is 1.11. The van der Waals surface area contributed by atoms with E-state index in [1.54, 1.807) is 6.20 Å². The molecular formula is C8H9N3. The lowest BCUT2D eigenvalue weighted by Crippen LogP contribution is -1.98. The molecule has 3 heteroatoms. The van der Waals surface area contributed by atoms with Crippen molar-refractivity contribution in [2.24, 2.45) is 5.73 Å². The molecule has 2 aromatic heterocycles. The summed E-state index contributed by atoms with van der Waals surface area (Å²) in [6.07, 6.45) is 3.70. The number of aromatic amines is 1. The second-order valence-electron chi connectivity index (χ2n) is 2.44. The quantitative estimate of drug-likeness (QED) is 0.632. The Morgan fingerprint density at radius 2 is 2.45 bits per heavy atom. The standard InChI is InChI=1S/C8H9N3/c9-4-7-3-6-1-2-10-8(6)5-11-7/h1-3,5,10H,4,9H2. The third-order valence-electron chi connectivity index (χ3n) is 1.70. The Morgan fingerprint density at radius 3 is 3.27 bits per heavy atom. The van der Waals surface area contributed by atoms with Gasteiger partial charge in [-0.3, -0.25) is 4.98 Å². The van der Waals surface area contributed by atoms with Gasteiger partial charge in [-0.15, -0.1) is 0 Å². The van der Waals surface area contributed by atoms with E-state index in [0.717, 1.165) is 11.2 Å². The second-order valence-corrected chi connectivity index (χ2v) is 2.44. The molecule has 11 heavy (non-hydrogen) atoms. The van der Waals surface area contributed by atoms with Gasteiger partial charge in [0.05, 0.1) is 17.4 Å². The molecule has 0 atom stereocenters. The number of hydrogen-bond acceptors (Lipinski definition) is 2. The molecule has 0 aliphatic heterocycles. The fourth-order valence-corrected chi connectivity index (χ4v) is 1.11. The summed E-state index contributed by atoms with van der Waals surface area (Å²) < 4.78 is 0. The number of fused-ring (bicyclic) bond motifs is 1. The molecule has 2 rings (SSSR count). The molecule has 0 aliphatic rings. The van der Waals surface area contributed by atoms with Crippen LogP contribution in [0.3, 0.4) is 0 Å². The summed E-state index contributed by atoms with van der Waals surface area (Å²) in [5.74, 6) is 0. The number of nitrogens with one attached hydrogen (secondary N) is 1. The molecule has 0 aromatic carbocycles. The van der Waals surface area contributed by atoms with Gasteiger partial charge in [0.25, 0.3) is 0 Å². The molecule has 56 valence electrons. The van der Waals surface area contributed by atoms with Gasteiger partial charge in [0, 0.05) is 18.1 Å². The highest BCUT2D eigenvalue weighted by molar-refractivity contribution is 5.78. The lowest BCUT2D eigenvalue weighted by Gasteiger charge is -1.94. The molecule has 0 spiro atoms. The van der Waals surface area contributed by atoms with Crippen LogP contribution in [-0.2, 0) is 6.54 Å². The molecule has 0 fully saturated rings. The highest BCUT2D eigenvalue weighted by atomic mass is 14.8. The van der Waals surface area contributed by atoms with Crippen LogP contribution in [-0.4, -0.2) is 9.97 Å². The monoisotopic (exact) mass is 147 g/mol. The molecule has 2 heterocycles. The summed E-state index contributed by atoms with van der Waals surface area (Å²) in [7, 11) is 0. The topological polar surface area (TPSA) is 54.7 Å². The highest BCUT2D eigenvalue weighted by Crippen LogP contribution is 2.10. The minimum absolute atomic E-state index is 0.501. The number of H-pyrrole nitrogens is 1. The van der Waals surface area contributed by atoms with E-state index in [2.05, 4.69) is 9.97 Å². The van der Waals surface area contributed by atoms with Gasteiger partial charge in [0.1, 0.15) is 0 Å². The van der Waals surface area contributed by atoms with Crippen molar-refractivity contribution < 1.29 is 0 Å². The molecule has 0 saturated heterocycles. The number of nitrogens with zero attached hydrogens (tertiary/aromatic N) is 1. The summed E-state index contributed by atoms with van der Waals surface area (Å²) in [5.41, 5.74) is 7.42. The molecule has 3 N–H and O–H groups in total. The van der Waals surface area contributed by atoms with Gasteiger partial charge in [-0.25, -0.2) is 0 Å². The van der Waals surface area contributed by atoms with Crippen molar-refractivity contribution in [3.8, 4) is 0 Å². The lowest BCUT2D eigenvalue weighted by molar-refractivity contribution is 0.997. The number of rotatable bonds is 1. The number of pyridine rings is 1. The smallest absolute Gasteiger partial charge is 0.0640 e. The molecule has 3 nitrogen and oxygen atoms in total. The van der Waals surface area contributed by atoms with E-state index in [1.807, 2.05) is 18.3 Å². The molecule has 0 unspecified atom stereocenters. The minimum Gasteiger partial charge on any atom is -0.360 e. The van der Waals surface area contributed by atoms with Crippen LogP contribution in [0.5, 0.6) is 0 Å². The van der Waals surface area contributed by atoms with Crippen molar-refractivity contribution >= 4 is 10.9 Å². The van der Waals surface area contributed by atoms with Gasteiger partial charge in [0.15, 0.2) is 0 Å².